The van der Waals surface area contributed by atoms with E-state index in [1.807, 2.05) is 7.05 Å². The zero-order valence-corrected chi connectivity index (χ0v) is 12.5. The van der Waals surface area contributed by atoms with E-state index in [2.05, 4.69) is 21.8 Å². The van der Waals surface area contributed by atoms with Crippen LogP contribution in [0.1, 0.15) is 49.5 Å². The number of anilines is 1. The number of hydrogen-bond donors (Lipinski definition) is 0. The summed E-state index contributed by atoms with van der Waals surface area (Å²) >= 11 is 0. The van der Waals surface area contributed by atoms with Crippen molar-refractivity contribution in [3.05, 3.63) is 18.0 Å². The first kappa shape index (κ1) is 14.8. The lowest BCUT2D eigenvalue weighted by molar-refractivity contribution is 0.0787. The fraction of sp³-hybridized carbons (Fsp3) is 0.667. The summed E-state index contributed by atoms with van der Waals surface area (Å²) in [4.78, 5) is 25.0. The van der Waals surface area contributed by atoms with Gasteiger partial charge in [0, 0.05) is 32.9 Å². The first-order valence-electron chi connectivity index (χ1n) is 7.56. The zero-order valence-electron chi connectivity index (χ0n) is 12.5. The van der Waals surface area contributed by atoms with E-state index in [9.17, 15) is 4.79 Å². The molecule has 0 atom stereocenters. The monoisotopic (exact) mass is 276 g/mol. The van der Waals surface area contributed by atoms with Gasteiger partial charge in [-0.2, -0.15) is 0 Å². The minimum Gasteiger partial charge on any atom is -0.341 e. The molecule has 0 spiro atoms. The average molecular weight is 276 g/mol. The molecule has 5 nitrogen and oxygen atoms in total. The van der Waals surface area contributed by atoms with Crippen LogP contribution >= 0.6 is 0 Å². The van der Waals surface area contributed by atoms with E-state index < -0.39 is 0 Å². The van der Waals surface area contributed by atoms with Gasteiger partial charge in [-0.1, -0.05) is 13.3 Å². The van der Waals surface area contributed by atoms with Gasteiger partial charge in [0.05, 0.1) is 0 Å². The highest BCUT2D eigenvalue weighted by Crippen LogP contribution is 2.15. The normalized spacial score (nSPS) is 15.2. The fourth-order valence-electron chi connectivity index (χ4n) is 2.41. The molecule has 0 saturated carbocycles. The Kier molecular flexibility index (Phi) is 5.32. The van der Waals surface area contributed by atoms with E-state index in [4.69, 9.17) is 0 Å². The highest BCUT2D eigenvalue weighted by molar-refractivity contribution is 5.92. The second-order valence-electron chi connectivity index (χ2n) is 5.37. The van der Waals surface area contributed by atoms with Gasteiger partial charge in [0.2, 0.25) is 5.95 Å². The predicted molar refractivity (Wildman–Crippen MR) is 80.0 cm³/mol. The van der Waals surface area contributed by atoms with Crippen LogP contribution in [0.5, 0.6) is 0 Å². The van der Waals surface area contributed by atoms with Crippen LogP contribution in [0.15, 0.2) is 12.3 Å². The lowest BCUT2D eigenvalue weighted by Crippen LogP contribution is -2.32. The fourth-order valence-corrected chi connectivity index (χ4v) is 2.41. The molecular formula is C15H24N4O. The minimum absolute atomic E-state index is 0.0147. The van der Waals surface area contributed by atoms with Crippen LogP contribution in [0.4, 0.5) is 5.95 Å². The number of carbonyl (C=O) groups excluding carboxylic acids is 1. The number of rotatable bonds is 5. The van der Waals surface area contributed by atoms with Crippen LogP contribution < -0.4 is 4.90 Å². The smallest absolute Gasteiger partial charge is 0.272 e. The molecule has 1 aliphatic rings. The molecule has 0 aromatic carbocycles. The van der Waals surface area contributed by atoms with Gasteiger partial charge in [-0.05, 0) is 31.7 Å². The molecule has 1 fully saturated rings. The van der Waals surface area contributed by atoms with E-state index in [-0.39, 0.29) is 5.91 Å². The maximum atomic E-state index is 12.3. The third kappa shape index (κ3) is 3.68. The van der Waals surface area contributed by atoms with Gasteiger partial charge in [0.1, 0.15) is 5.69 Å². The van der Waals surface area contributed by atoms with E-state index in [1.54, 1.807) is 17.2 Å². The number of amides is 1. The zero-order chi connectivity index (χ0) is 14.4. The van der Waals surface area contributed by atoms with Crippen LogP contribution in [-0.4, -0.2) is 47.5 Å². The van der Waals surface area contributed by atoms with Crippen LogP contribution in [0.25, 0.3) is 0 Å². The first-order valence-corrected chi connectivity index (χ1v) is 7.56. The van der Waals surface area contributed by atoms with Gasteiger partial charge in [0.15, 0.2) is 0 Å². The number of carbonyl (C=O) groups is 1. The first-order chi connectivity index (χ1) is 9.72. The van der Waals surface area contributed by atoms with E-state index in [0.29, 0.717) is 11.6 Å². The molecule has 2 rings (SSSR count). The summed E-state index contributed by atoms with van der Waals surface area (Å²) in [5.74, 6) is 0.679. The summed E-state index contributed by atoms with van der Waals surface area (Å²) in [5, 5.41) is 0. The van der Waals surface area contributed by atoms with Crippen LogP contribution in [-0.2, 0) is 0 Å². The third-order valence-electron chi connectivity index (χ3n) is 3.69. The van der Waals surface area contributed by atoms with Crippen molar-refractivity contribution in [1.29, 1.82) is 0 Å². The molecule has 0 radical (unpaired) electrons. The highest BCUT2D eigenvalue weighted by atomic mass is 16.2. The summed E-state index contributed by atoms with van der Waals surface area (Å²) in [6.45, 7) is 4.88. The molecule has 1 saturated heterocycles. The van der Waals surface area contributed by atoms with Crippen molar-refractivity contribution in [2.75, 3.05) is 31.6 Å². The number of piperidine rings is 1. The summed E-state index contributed by atoms with van der Waals surface area (Å²) < 4.78 is 0. The third-order valence-corrected chi connectivity index (χ3v) is 3.69. The molecule has 0 bridgehead atoms. The Hall–Kier alpha value is -1.65. The summed E-state index contributed by atoms with van der Waals surface area (Å²) in [7, 11) is 1.83. The number of hydrogen-bond acceptors (Lipinski definition) is 4. The molecule has 2 heterocycles. The minimum atomic E-state index is -0.0147. The van der Waals surface area contributed by atoms with E-state index in [0.717, 1.165) is 32.5 Å². The molecule has 110 valence electrons. The molecule has 0 unspecified atom stereocenters. The van der Waals surface area contributed by atoms with Gasteiger partial charge in [-0.3, -0.25) is 4.79 Å². The molecule has 5 heteroatoms. The van der Waals surface area contributed by atoms with Gasteiger partial charge in [-0.25, -0.2) is 9.97 Å². The van der Waals surface area contributed by atoms with Crippen LogP contribution in [0.3, 0.4) is 0 Å². The summed E-state index contributed by atoms with van der Waals surface area (Å²) in [6.07, 6.45) is 7.43. The van der Waals surface area contributed by atoms with Crippen molar-refractivity contribution in [2.24, 2.45) is 0 Å². The molecule has 1 aromatic rings. The molecule has 1 amide bonds. The molecule has 20 heavy (non-hydrogen) atoms. The van der Waals surface area contributed by atoms with Gasteiger partial charge in [0.25, 0.3) is 5.91 Å². The maximum Gasteiger partial charge on any atom is 0.272 e. The molecular weight excluding hydrogens is 252 g/mol. The maximum absolute atomic E-state index is 12.3. The number of nitrogens with zero attached hydrogens (tertiary/aromatic N) is 4. The lowest BCUT2D eigenvalue weighted by atomic mass is 10.1. The molecule has 1 aromatic heterocycles. The van der Waals surface area contributed by atoms with Crippen LogP contribution in [0.2, 0.25) is 0 Å². The largest absolute Gasteiger partial charge is 0.341 e. The van der Waals surface area contributed by atoms with Gasteiger partial charge in [-0.15, -0.1) is 0 Å². The Labute approximate surface area is 121 Å². The standard InChI is InChI=1S/C15H24N4O/c1-3-4-10-18(2)14(20)13-8-9-16-15(17-13)19-11-6-5-7-12-19/h8-9H,3-7,10-12H2,1-2H3. The van der Waals surface area contributed by atoms with Crippen molar-refractivity contribution in [1.82, 2.24) is 14.9 Å². The van der Waals surface area contributed by atoms with Gasteiger partial charge < -0.3 is 9.80 Å². The SMILES string of the molecule is CCCCN(C)C(=O)c1ccnc(N2CCCCC2)n1. The topological polar surface area (TPSA) is 49.3 Å². The highest BCUT2D eigenvalue weighted by Gasteiger charge is 2.17. The average Bonchev–Trinajstić information content (AvgIpc) is 2.53. The van der Waals surface area contributed by atoms with Crippen molar-refractivity contribution >= 4 is 11.9 Å². The number of unbranched alkanes of at least 4 members (excludes halogenated alkanes) is 1. The lowest BCUT2D eigenvalue weighted by Gasteiger charge is -2.26. The number of aromatic nitrogens is 2. The van der Waals surface area contributed by atoms with Crippen LogP contribution in [0, 0.1) is 0 Å². The second kappa shape index (κ2) is 7.22. The summed E-state index contributed by atoms with van der Waals surface area (Å²) in [5.41, 5.74) is 0.499. The molecule has 1 aliphatic heterocycles. The quantitative estimate of drug-likeness (QED) is 0.828. The van der Waals surface area contributed by atoms with E-state index in [1.165, 1.54) is 19.3 Å². The Bertz CT molecular complexity index is 443. The second-order valence-corrected chi connectivity index (χ2v) is 5.37. The Morgan fingerprint density at radius 3 is 2.80 bits per heavy atom. The summed E-state index contributed by atoms with van der Waals surface area (Å²) in [6, 6.07) is 1.71. The Morgan fingerprint density at radius 1 is 1.35 bits per heavy atom. The van der Waals surface area contributed by atoms with Crippen molar-refractivity contribution in [3.63, 3.8) is 0 Å². The van der Waals surface area contributed by atoms with Crippen molar-refractivity contribution in [2.45, 2.75) is 39.0 Å². The molecule has 0 aliphatic carbocycles. The Morgan fingerprint density at radius 2 is 2.10 bits per heavy atom. The van der Waals surface area contributed by atoms with Crippen molar-refractivity contribution in [3.8, 4) is 0 Å². The van der Waals surface area contributed by atoms with E-state index >= 15 is 0 Å². The Balaban J connectivity index is 2.06. The van der Waals surface area contributed by atoms with Crippen molar-refractivity contribution < 1.29 is 4.79 Å². The molecule has 0 N–H and O–H groups in total. The van der Waals surface area contributed by atoms with Gasteiger partial charge >= 0.3 is 0 Å². The predicted octanol–water partition coefficient (Wildman–Crippen LogP) is 2.34.